The van der Waals surface area contributed by atoms with Crippen LogP contribution in [-0.2, 0) is 11.2 Å². The van der Waals surface area contributed by atoms with Crippen molar-refractivity contribution in [1.82, 2.24) is 15.5 Å². The number of aryl methyl sites for hydroxylation is 1. The minimum Gasteiger partial charge on any atom is -0.497 e. The largest absolute Gasteiger partial charge is 0.497 e. The molecule has 1 aliphatic heterocycles. The molecule has 0 radical (unpaired) electrons. The van der Waals surface area contributed by atoms with E-state index >= 15 is 0 Å². The van der Waals surface area contributed by atoms with Gasteiger partial charge in [-0.05, 0) is 50.3 Å². The fraction of sp³-hybridized carbons (Fsp3) is 0.579. The quantitative estimate of drug-likeness (QED) is 0.428. The van der Waals surface area contributed by atoms with Gasteiger partial charge >= 0.3 is 0 Å². The first-order valence-corrected chi connectivity index (χ1v) is 9.16. The Bertz CT molecular complexity index is 551. The van der Waals surface area contributed by atoms with E-state index in [1.165, 1.54) is 5.56 Å². The lowest BCUT2D eigenvalue weighted by Gasteiger charge is -2.15. The molecule has 1 aliphatic rings. The van der Waals surface area contributed by atoms with E-state index in [2.05, 4.69) is 27.8 Å². The number of carbonyl (C=O) groups excluding carboxylic acids is 1. The van der Waals surface area contributed by atoms with Crippen LogP contribution in [0.1, 0.15) is 31.7 Å². The van der Waals surface area contributed by atoms with Crippen LogP contribution in [0.2, 0.25) is 0 Å². The number of rotatable bonds is 8. The summed E-state index contributed by atoms with van der Waals surface area (Å²) in [6, 6.07) is 8.15. The molecular weight excluding hydrogens is 316 g/mol. The van der Waals surface area contributed by atoms with E-state index in [1.807, 2.05) is 24.0 Å². The molecule has 1 heterocycles. The van der Waals surface area contributed by atoms with Gasteiger partial charge in [-0.1, -0.05) is 12.1 Å². The summed E-state index contributed by atoms with van der Waals surface area (Å²) >= 11 is 0. The Morgan fingerprint density at radius 2 is 1.92 bits per heavy atom. The molecule has 1 amide bonds. The number of methoxy groups -OCH3 is 1. The van der Waals surface area contributed by atoms with E-state index in [1.54, 1.807) is 7.11 Å². The van der Waals surface area contributed by atoms with Crippen molar-refractivity contribution in [2.24, 2.45) is 4.99 Å². The molecule has 0 atom stereocenters. The maximum Gasteiger partial charge on any atom is 0.244 e. The number of nitrogens with one attached hydrogen (secondary N) is 2. The summed E-state index contributed by atoms with van der Waals surface area (Å²) in [6.07, 6.45) is 4.21. The van der Waals surface area contributed by atoms with Gasteiger partial charge in [0.1, 0.15) is 12.3 Å². The fourth-order valence-electron chi connectivity index (χ4n) is 2.85. The average molecular weight is 346 g/mol. The van der Waals surface area contributed by atoms with E-state index in [0.29, 0.717) is 5.96 Å². The lowest BCUT2D eigenvalue weighted by atomic mass is 10.1. The summed E-state index contributed by atoms with van der Waals surface area (Å²) in [6.45, 7) is 5.59. The van der Waals surface area contributed by atoms with E-state index in [9.17, 15) is 4.79 Å². The van der Waals surface area contributed by atoms with Gasteiger partial charge in [0.15, 0.2) is 5.96 Å². The van der Waals surface area contributed by atoms with Crippen LogP contribution in [0.25, 0.3) is 0 Å². The third-order valence-electron chi connectivity index (χ3n) is 4.27. The van der Waals surface area contributed by atoms with Crippen LogP contribution in [0.15, 0.2) is 29.3 Å². The molecule has 6 nitrogen and oxygen atoms in total. The molecule has 0 unspecified atom stereocenters. The molecule has 1 aromatic carbocycles. The lowest BCUT2D eigenvalue weighted by molar-refractivity contribution is -0.128. The van der Waals surface area contributed by atoms with Crippen LogP contribution in [0.4, 0.5) is 0 Å². The second kappa shape index (κ2) is 10.6. The molecule has 2 rings (SSSR count). The number of nitrogens with zero attached hydrogens (tertiary/aromatic N) is 2. The summed E-state index contributed by atoms with van der Waals surface area (Å²) in [7, 11) is 1.68. The SMILES string of the molecule is CCNC(=NCC(=O)N1CCCC1)NCCCc1ccc(OC)cc1. The van der Waals surface area contributed by atoms with Crippen molar-refractivity contribution in [2.75, 3.05) is 39.8 Å². The normalized spacial score (nSPS) is 14.5. The highest BCUT2D eigenvalue weighted by atomic mass is 16.5. The van der Waals surface area contributed by atoms with Gasteiger partial charge in [-0.2, -0.15) is 0 Å². The van der Waals surface area contributed by atoms with Crippen LogP contribution in [0.3, 0.4) is 0 Å². The average Bonchev–Trinajstić information content (AvgIpc) is 3.18. The molecule has 0 aromatic heterocycles. The van der Waals surface area contributed by atoms with Crippen LogP contribution in [-0.4, -0.2) is 56.6 Å². The number of aliphatic imine (C=N–C) groups is 1. The molecule has 138 valence electrons. The van der Waals surface area contributed by atoms with Crippen LogP contribution < -0.4 is 15.4 Å². The Morgan fingerprint density at radius 3 is 2.56 bits per heavy atom. The zero-order valence-corrected chi connectivity index (χ0v) is 15.4. The number of ether oxygens (including phenoxy) is 1. The Hall–Kier alpha value is -2.24. The standard InChI is InChI=1S/C19H30N4O2/c1-3-20-19(22-15-18(24)23-13-4-5-14-23)21-12-6-7-16-8-10-17(25-2)11-9-16/h8-11H,3-7,12-15H2,1-2H3,(H2,20,21,22). The highest BCUT2D eigenvalue weighted by Gasteiger charge is 2.17. The third-order valence-corrected chi connectivity index (χ3v) is 4.27. The first-order chi connectivity index (χ1) is 12.2. The first kappa shape index (κ1) is 19.1. The predicted octanol–water partition coefficient (Wildman–Crippen LogP) is 1.81. The summed E-state index contributed by atoms with van der Waals surface area (Å²) in [5, 5.41) is 6.50. The van der Waals surface area contributed by atoms with Crippen LogP contribution in [0, 0.1) is 0 Å². The van der Waals surface area contributed by atoms with Crippen LogP contribution >= 0.6 is 0 Å². The number of amides is 1. The monoisotopic (exact) mass is 346 g/mol. The van der Waals surface area contributed by atoms with Crippen molar-refractivity contribution in [2.45, 2.75) is 32.6 Å². The first-order valence-electron chi connectivity index (χ1n) is 9.16. The van der Waals surface area contributed by atoms with E-state index in [4.69, 9.17) is 4.74 Å². The number of guanidine groups is 1. The highest BCUT2D eigenvalue weighted by Crippen LogP contribution is 2.12. The van der Waals surface area contributed by atoms with E-state index < -0.39 is 0 Å². The second-order valence-electron chi connectivity index (χ2n) is 6.16. The molecule has 25 heavy (non-hydrogen) atoms. The summed E-state index contributed by atoms with van der Waals surface area (Å²) in [5.74, 6) is 1.71. The van der Waals surface area contributed by atoms with Crippen molar-refractivity contribution in [3.05, 3.63) is 29.8 Å². The van der Waals surface area contributed by atoms with Crippen LogP contribution in [0.5, 0.6) is 5.75 Å². The maximum atomic E-state index is 12.1. The van der Waals surface area contributed by atoms with Crippen molar-refractivity contribution in [3.63, 3.8) is 0 Å². The highest BCUT2D eigenvalue weighted by molar-refractivity contribution is 5.85. The van der Waals surface area contributed by atoms with Gasteiger partial charge in [0.2, 0.25) is 5.91 Å². The lowest BCUT2D eigenvalue weighted by Crippen LogP contribution is -2.39. The molecule has 1 aromatic rings. The maximum absolute atomic E-state index is 12.1. The van der Waals surface area contributed by atoms with Gasteiger partial charge in [0.05, 0.1) is 7.11 Å². The molecule has 1 fully saturated rings. The van der Waals surface area contributed by atoms with Crippen molar-refractivity contribution < 1.29 is 9.53 Å². The fourth-order valence-corrected chi connectivity index (χ4v) is 2.85. The van der Waals surface area contributed by atoms with Gasteiger partial charge in [-0.3, -0.25) is 4.79 Å². The number of likely N-dealkylation sites (tertiary alicyclic amines) is 1. The van der Waals surface area contributed by atoms with Gasteiger partial charge < -0.3 is 20.3 Å². The molecular formula is C19H30N4O2. The Labute approximate surface area is 150 Å². The van der Waals surface area contributed by atoms with Gasteiger partial charge in [-0.25, -0.2) is 4.99 Å². The minimum absolute atomic E-state index is 0.118. The molecule has 2 N–H and O–H groups in total. The second-order valence-corrected chi connectivity index (χ2v) is 6.16. The molecule has 6 heteroatoms. The van der Waals surface area contributed by atoms with E-state index in [0.717, 1.165) is 57.6 Å². The zero-order chi connectivity index (χ0) is 17.9. The molecule has 0 aliphatic carbocycles. The van der Waals surface area contributed by atoms with Gasteiger partial charge in [0.25, 0.3) is 0 Å². The Morgan fingerprint density at radius 1 is 1.20 bits per heavy atom. The minimum atomic E-state index is 0.118. The zero-order valence-electron chi connectivity index (χ0n) is 15.4. The summed E-state index contributed by atoms with van der Waals surface area (Å²) in [5.41, 5.74) is 1.29. The molecule has 0 saturated carbocycles. The Kier molecular flexibility index (Phi) is 8.09. The Balaban J connectivity index is 1.72. The number of hydrogen-bond acceptors (Lipinski definition) is 3. The number of benzene rings is 1. The van der Waals surface area contributed by atoms with Crippen molar-refractivity contribution in [3.8, 4) is 5.75 Å². The predicted molar refractivity (Wildman–Crippen MR) is 101 cm³/mol. The van der Waals surface area contributed by atoms with E-state index in [-0.39, 0.29) is 12.5 Å². The number of carbonyl (C=O) groups is 1. The molecule has 1 saturated heterocycles. The molecule has 0 bridgehead atoms. The topological polar surface area (TPSA) is 66.0 Å². The van der Waals surface area contributed by atoms with Crippen molar-refractivity contribution in [1.29, 1.82) is 0 Å². The van der Waals surface area contributed by atoms with Gasteiger partial charge in [-0.15, -0.1) is 0 Å². The summed E-state index contributed by atoms with van der Waals surface area (Å²) in [4.78, 5) is 18.4. The molecule has 0 spiro atoms. The van der Waals surface area contributed by atoms with Gasteiger partial charge in [0, 0.05) is 26.2 Å². The smallest absolute Gasteiger partial charge is 0.244 e. The van der Waals surface area contributed by atoms with Crippen molar-refractivity contribution >= 4 is 11.9 Å². The summed E-state index contributed by atoms with van der Waals surface area (Å²) < 4.78 is 5.17. The number of hydrogen-bond donors (Lipinski definition) is 2. The third kappa shape index (κ3) is 6.64.